The third kappa shape index (κ3) is 4.03. The summed E-state index contributed by atoms with van der Waals surface area (Å²) in [6, 6.07) is 3.61. The zero-order valence-corrected chi connectivity index (χ0v) is 13.6. The van der Waals surface area contributed by atoms with Crippen molar-refractivity contribution in [3.05, 3.63) is 35.4 Å². The van der Waals surface area contributed by atoms with Gasteiger partial charge in [0.2, 0.25) is 0 Å². The second-order valence-electron chi connectivity index (χ2n) is 6.54. The largest absolute Gasteiger partial charge is 0.384 e. The van der Waals surface area contributed by atoms with E-state index < -0.39 is 17.2 Å². The highest BCUT2D eigenvalue weighted by molar-refractivity contribution is 5.24. The highest BCUT2D eigenvalue weighted by Gasteiger charge is 2.30. The van der Waals surface area contributed by atoms with Crippen LogP contribution in [-0.4, -0.2) is 42.2 Å². The first-order valence-corrected chi connectivity index (χ1v) is 7.97. The van der Waals surface area contributed by atoms with Gasteiger partial charge in [0, 0.05) is 30.8 Å². The van der Waals surface area contributed by atoms with Crippen LogP contribution in [0.2, 0.25) is 0 Å². The Morgan fingerprint density at radius 3 is 2.73 bits per heavy atom. The predicted molar refractivity (Wildman–Crippen MR) is 83.6 cm³/mol. The van der Waals surface area contributed by atoms with Gasteiger partial charge in [0.15, 0.2) is 0 Å². The Bertz CT molecular complexity index is 507. The first-order chi connectivity index (χ1) is 10.3. The number of hydrogen-bond acceptors (Lipinski definition) is 3. The molecule has 0 saturated carbocycles. The molecule has 0 amide bonds. The van der Waals surface area contributed by atoms with Crippen molar-refractivity contribution in [3.8, 4) is 0 Å². The number of halogens is 2. The zero-order valence-electron chi connectivity index (χ0n) is 13.6. The molecule has 3 nitrogen and oxygen atoms in total. The molecule has 0 aromatic heterocycles. The molecule has 0 aliphatic carbocycles. The van der Waals surface area contributed by atoms with Crippen LogP contribution in [0.15, 0.2) is 18.2 Å². The molecule has 1 heterocycles. The summed E-state index contributed by atoms with van der Waals surface area (Å²) in [6.45, 7) is 9.26. The lowest BCUT2D eigenvalue weighted by atomic mass is 9.91. The minimum Gasteiger partial charge on any atom is -0.384 e. The maximum atomic E-state index is 13.9. The number of piperidine rings is 1. The molecule has 3 atom stereocenters. The van der Waals surface area contributed by atoms with Crippen LogP contribution < -0.4 is 5.32 Å². The van der Waals surface area contributed by atoms with E-state index in [1.807, 2.05) is 0 Å². The number of aliphatic hydroxyl groups is 1. The number of likely N-dealkylation sites (tertiary alicyclic amines) is 1. The maximum Gasteiger partial charge on any atom is 0.132 e. The van der Waals surface area contributed by atoms with Crippen LogP contribution in [0, 0.1) is 17.6 Å². The molecule has 0 spiro atoms. The summed E-state index contributed by atoms with van der Waals surface area (Å²) >= 11 is 0. The summed E-state index contributed by atoms with van der Waals surface area (Å²) in [5.41, 5.74) is -1.24. The molecule has 1 aliphatic heterocycles. The number of rotatable bonds is 5. The lowest BCUT2D eigenvalue weighted by Crippen LogP contribution is -2.51. The number of nitrogens with one attached hydrogen (secondary N) is 1. The van der Waals surface area contributed by atoms with Gasteiger partial charge < -0.3 is 15.3 Å². The number of hydrogen-bond donors (Lipinski definition) is 2. The second kappa shape index (κ2) is 7.02. The summed E-state index contributed by atoms with van der Waals surface area (Å²) in [5, 5.41) is 13.9. The molecule has 2 N–H and O–H groups in total. The molecule has 1 aliphatic rings. The van der Waals surface area contributed by atoms with Crippen LogP contribution in [0.25, 0.3) is 0 Å². The molecule has 124 valence electrons. The van der Waals surface area contributed by atoms with E-state index >= 15 is 0 Å². The minimum atomic E-state index is -1.36. The van der Waals surface area contributed by atoms with Crippen molar-refractivity contribution in [2.24, 2.45) is 5.92 Å². The van der Waals surface area contributed by atoms with Crippen LogP contribution in [0.5, 0.6) is 0 Å². The predicted octanol–water partition coefficient (Wildman–Crippen LogP) is 2.49. The van der Waals surface area contributed by atoms with E-state index in [2.05, 4.69) is 24.1 Å². The normalized spacial score (nSPS) is 25.9. The Labute approximate surface area is 131 Å². The van der Waals surface area contributed by atoms with Crippen LogP contribution in [0.3, 0.4) is 0 Å². The lowest BCUT2D eigenvalue weighted by molar-refractivity contribution is 0.0421. The van der Waals surface area contributed by atoms with E-state index in [-0.39, 0.29) is 12.1 Å². The van der Waals surface area contributed by atoms with E-state index in [1.165, 1.54) is 12.1 Å². The lowest BCUT2D eigenvalue weighted by Gasteiger charge is -2.38. The fourth-order valence-corrected chi connectivity index (χ4v) is 3.17. The van der Waals surface area contributed by atoms with Crippen molar-refractivity contribution in [2.75, 3.05) is 26.2 Å². The van der Waals surface area contributed by atoms with Gasteiger partial charge in [-0.1, -0.05) is 19.9 Å². The van der Waals surface area contributed by atoms with Gasteiger partial charge in [-0.3, -0.25) is 0 Å². The minimum absolute atomic E-state index is 0.125. The molecule has 1 aromatic carbocycles. The van der Waals surface area contributed by atoms with E-state index in [4.69, 9.17) is 0 Å². The molecular weight excluding hydrogens is 286 g/mol. The van der Waals surface area contributed by atoms with Gasteiger partial charge in [-0.15, -0.1) is 0 Å². The Balaban J connectivity index is 1.98. The summed E-state index contributed by atoms with van der Waals surface area (Å²) in [6.07, 6.45) is 1.01. The number of benzene rings is 1. The Kier molecular flexibility index (Phi) is 5.53. The van der Waals surface area contributed by atoms with Gasteiger partial charge in [-0.25, -0.2) is 8.78 Å². The Morgan fingerprint density at radius 2 is 2.14 bits per heavy atom. The standard InChI is InChI=1S/C17H26F2N2O/c1-4-21-8-7-16(12(2)10-21)20-11-17(3,22)14-6-5-13(18)9-15(14)19/h5-6,9,12,16,20,22H,4,7-8,10-11H2,1-3H3. The van der Waals surface area contributed by atoms with Gasteiger partial charge in [-0.05, 0) is 38.4 Å². The molecule has 5 heteroatoms. The van der Waals surface area contributed by atoms with Gasteiger partial charge in [0.1, 0.15) is 17.2 Å². The second-order valence-corrected chi connectivity index (χ2v) is 6.54. The van der Waals surface area contributed by atoms with Crippen LogP contribution in [0.4, 0.5) is 8.78 Å². The summed E-state index contributed by atoms with van der Waals surface area (Å²) in [4.78, 5) is 2.40. The highest BCUT2D eigenvalue weighted by Crippen LogP contribution is 2.25. The molecular formula is C17H26F2N2O. The highest BCUT2D eigenvalue weighted by atomic mass is 19.1. The summed E-state index contributed by atoms with van der Waals surface area (Å²) < 4.78 is 26.8. The quantitative estimate of drug-likeness (QED) is 0.877. The first kappa shape index (κ1) is 17.3. The average molecular weight is 312 g/mol. The van der Waals surface area contributed by atoms with E-state index in [0.717, 1.165) is 32.1 Å². The van der Waals surface area contributed by atoms with E-state index in [0.29, 0.717) is 12.0 Å². The van der Waals surface area contributed by atoms with Crippen molar-refractivity contribution >= 4 is 0 Å². The van der Waals surface area contributed by atoms with Crippen molar-refractivity contribution in [2.45, 2.75) is 38.8 Å². The summed E-state index contributed by atoms with van der Waals surface area (Å²) in [5.74, 6) is -0.867. The third-order valence-corrected chi connectivity index (χ3v) is 4.66. The molecule has 0 radical (unpaired) electrons. The topological polar surface area (TPSA) is 35.5 Å². The Hall–Kier alpha value is -1.04. The molecule has 2 rings (SSSR count). The average Bonchev–Trinajstić information content (AvgIpc) is 2.45. The molecule has 0 bridgehead atoms. The fraction of sp³-hybridized carbons (Fsp3) is 0.647. The molecule has 3 unspecified atom stereocenters. The van der Waals surface area contributed by atoms with E-state index in [9.17, 15) is 13.9 Å². The van der Waals surface area contributed by atoms with Crippen molar-refractivity contribution in [1.29, 1.82) is 0 Å². The van der Waals surface area contributed by atoms with Crippen LogP contribution in [0.1, 0.15) is 32.8 Å². The Morgan fingerprint density at radius 1 is 1.41 bits per heavy atom. The SMILES string of the molecule is CCN1CCC(NCC(C)(O)c2ccc(F)cc2F)C(C)C1. The smallest absolute Gasteiger partial charge is 0.132 e. The molecule has 1 fully saturated rings. The monoisotopic (exact) mass is 312 g/mol. The maximum absolute atomic E-state index is 13.9. The van der Waals surface area contributed by atoms with E-state index in [1.54, 1.807) is 6.92 Å². The van der Waals surface area contributed by atoms with Crippen molar-refractivity contribution < 1.29 is 13.9 Å². The molecule has 22 heavy (non-hydrogen) atoms. The van der Waals surface area contributed by atoms with Gasteiger partial charge in [-0.2, -0.15) is 0 Å². The van der Waals surface area contributed by atoms with Gasteiger partial charge in [0.25, 0.3) is 0 Å². The molecule has 1 aromatic rings. The van der Waals surface area contributed by atoms with Crippen LogP contribution >= 0.6 is 0 Å². The molecule has 1 saturated heterocycles. The zero-order chi connectivity index (χ0) is 16.3. The van der Waals surface area contributed by atoms with Crippen molar-refractivity contribution in [1.82, 2.24) is 10.2 Å². The summed E-state index contributed by atoms with van der Waals surface area (Å²) in [7, 11) is 0. The fourth-order valence-electron chi connectivity index (χ4n) is 3.17. The first-order valence-electron chi connectivity index (χ1n) is 7.97. The van der Waals surface area contributed by atoms with Gasteiger partial charge in [0.05, 0.1) is 0 Å². The number of nitrogens with zero attached hydrogens (tertiary/aromatic N) is 1. The van der Waals surface area contributed by atoms with Crippen molar-refractivity contribution in [3.63, 3.8) is 0 Å². The third-order valence-electron chi connectivity index (χ3n) is 4.66. The van der Waals surface area contributed by atoms with Gasteiger partial charge >= 0.3 is 0 Å². The van der Waals surface area contributed by atoms with Crippen LogP contribution in [-0.2, 0) is 5.60 Å².